The molecule has 0 saturated heterocycles. The van der Waals surface area contributed by atoms with Crippen molar-refractivity contribution in [2.75, 3.05) is 19.7 Å². The molecule has 0 bridgehead atoms. The van der Waals surface area contributed by atoms with Gasteiger partial charge < -0.3 is 19.5 Å². The molecule has 2 aromatic carbocycles. The zero-order valence-corrected chi connectivity index (χ0v) is 13.8. The minimum Gasteiger partial charge on any atom is -0.490 e. The fourth-order valence-electron chi connectivity index (χ4n) is 1.96. The van der Waals surface area contributed by atoms with Gasteiger partial charge in [-0.3, -0.25) is 0 Å². The summed E-state index contributed by atoms with van der Waals surface area (Å²) in [7, 11) is 0. The summed E-state index contributed by atoms with van der Waals surface area (Å²) in [5.74, 6) is 1.07. The molecule has 2 aromatic rings. The summed E-state index contributed by atoms with van der Waals surface area (Å²) >= 11 is 6.14. The van der Waals surface area contributed by atoms with Gasteiger partial charge in [-0.1, -0.05) is 11.6 Å². The van der Waals surface area contributed by atoms with Crippen molar-refractivity contribution in [3.05, 3.63) is 53.3 Å². The van der Waals surface area contributed by atoms with E-state index in [2.05, 4.69) is 0 Å². The first-order valence-electron chi connectivity index (χ1n) is 7.33. The number of hydrogen-bond donors (Lipinski definition) is 1. The Balaban J connectivity index is 1.94. The van der Waals surface area contributed by atoms with Gasteiger partial charge in [-0.05, 0) is 43.3 Å². The van der Waals surface area contributed by atoms with E-state index >= 15 is 0 Å². The molecule has 24 heavy (non-hydrogen) atoms. The largest absolute Gasteiger partial charge is 0.490 e. The lowest BCUT2D eigenvalue weighted by atomic mass is 10.3. The molecular weight excluding hydrogens is 337 g/mol. The molecule has 0 radical (unpaired) electrons. The number of nitrogens with zero attached hydrogens (tertiary/aromatic N) is 1. The summed E-state index contributed by atoms with van der Waals surface area (Å²) in [5.41, 5.74) is 0. The summed E-state index contributed by atoms with van der Waals surface area (Å²) in [6.45, 7) is 2.58. The van der Waals surface area contributed by atoms with Gasteiger partial charge in [0.1, 0.15) is 29.7 Å². The zero-order valence-electron chi connectivity index (χ0n) is 13.0. The van der Waals surface area contributed by atoms with Crippen LogP contribution in [0.5, 0.6) is 17.2 Å². The Morgan fingerprint density at radius 1 is 1.21 bits per heavy atom. The predicted molar refractivity (Wildman–Crippen MR) is 88.7 cm³/mol. The Morgan fingerprint density at radius 2 is 1.88 bits per heavy atom. The van der Waals surface area contributed by atoms with Crippen LogP contribution in [0.25, 0.3) is 0 Å². The molecule has 2 rings (SSSR count). The number of amides is 1. The molecular formula is C17H17ClFNO4. The number of halogens is 2. The zero-order chi connectivity index (χ0) is 17.5. The molecule has 1 amide bonds. The van der Waals surface area contributed by atoms with Crippen LogP contribution in [0.15, 0.2) is 42.5 Å². The molecule has 0 spiro atoms. The number of benzene rings is 2. The van der Waals surface area contributed by atoms with Gasteiger partial charge in [-0.15, -0.1) is 0 Å². The highest BCUT2D eigenvalue weighted by atomic mass is 35.5. The second-order valence-corrected chi connectivity index (χ2v) is 5.27. The SMILES string of the molecule is CCN(CCOc1ccc(Oc2ccc(F)cc2)cc1Cl)C(=O)O. The van der Waals surface area contributed by atoms with Crippen LogP contribution < -0.4 is 9.47 Å². The van der Waals surface area contributed by atoms with Crippen molar-refractivity contribution in [2.24, 2.45) is 0 Å². The topological polar surface area (TPSA) is 59.0 Å². The third-order valence-electron chi connectivity index (χ3n) is 3.22. The fraction of sp³-hybridized carbons (Fsp3) is 0.235. The Bertz CT molecular complexity index is 693. The van der Waals surface area contributed by atoms with Crippen molar-refractivity contribution < 1.29 is 23.8 Å². The molecule has 0 aromatic heterocycles. The van der Waals surface area contributed by atoms with E-state index in [4.69, 9.17) is 26.2 Å². The van der Waals surface area contributed by atoms with Crippen molar-refractivity contribution in [1.82, 2.24) is 4.90 Å². The predicted octanol–water partition coefficient (Wildman–Crippen LogP) is 4.65. The van der Waals surface area contributed by atoms with Gasteiger partial charge in [-0.25, -0.2) is 9.18 Å². The average Bonchev–Trinajstić information content (AvgIpc) is 2.55. The van der Waals surface area contributed by atoms with Crippen LogP contribution in [0.3, 0.4) is 0 Å². The lowest BCUT2D eigenvalue weighted by Gasteiger charge is -2.17. The Hall–Kier alpha value is -2.47. The van der Waals surface area contributed by atoms with Crippen LogP contribution in [0.2, 0.25) is 5.02 Å². The molecule has 0 aliphatic heterocycles. The molecule has 128 valence electrons. The van der Waals surface area contributed by atoms with E-state index in [1.165, 1.54) is 29.2 Å². The summed E-state index contributed by atoms with van der Waals surface area (Å²) in [5, 5.41) is 9.26. The molecule has 0 heterocycles. The normalized spacial score (nSPS) is 10.3. The third kappa shape index (κ3) is 5.03. The van der Waals surface area contributed by atoms with Crippen LogP contribution in [-0.4, -0.2) is 35.8 Å². The molecule has 0 unspecified atom stereocenters. The molecule has 0 aliphatic carbocycles. The molecule has 7 heteroatoms. The molecule has 0 saturated carbocycles. The molecule has 0 atom stereocenters. The summed E-state index contributed by atoms with van der Waals surface area (Å²) in [6.07, 6.45) is -0.991. The molecule has 5 nitrogen and oxygen atoms in total. The van der Waals surface area contributed by atoms with Gasteiger partial charge in [0.25, 0.3) is 0 Å². The number of rotatable bonds is 7. The Morgan fingerprint density at radius 3 is 2.46 bits per heavy atom. The lowest BCUT2D eigenvalue weighted by Crippen LogP contribution is -2.33. The first kappa shape index (κ1) is 17.9. The highest BCUT2D eigenvalue weighted by Gasteiger charge is 2.10. The standard InChI is InChI=1S/C17H17ClFNO4/c1-2-20(17(21)22)9-10-23-16-8-7-14(11-15(16)18)24-13-5-3-12(19)4-6-13/h3-8,11H,2,9-10H2,1H3,(H,21,22). The van der Waals surface area contributed by atoms with Crippen molar-refractivity contribution >= 4 is 17.7 Å². The van der Waals surface area contributed by atoms with Crippen molar-refractivity contribution in [3.63, 3.8) is 0 Å². The lowest BCUT2D eigenvalue weighted by molar-refractivity contribution is 0.138. The van der Waals surface area contributed by atoms with Crippen LogP contribution in [0, 0.1) is 5.82 Å². The van der Waals surface area contributed by atoms with Gasteiger partial charge in [-0.2, -0.15) is 0 Å². The summed E-state index contributed by atoms with van der Waals surface area (Å²) in [6, 6.07) is 10.5. The molecule has 0 fully saturated rings. The van der Waals surface area contributed by atoms with Crippen molar-refractivity contribution in [3.8, 4) is 17.2 Å². The molecule has 1 N–H and O–H groups in total. The number of carboxylic acid groups (broad SMARTS) is 1. The van der Waals surface area contributed by atoms with Crippen molar-refractivity contribution in [2.45, 2.75) is 6.92 Å². The Labute approximate surface area is 144 Å². The second kappa shape index (κ2) is 8.40. The Kier molecular flexibility index (Phi) is 6.26. The second-order valence-electron chi connectivity index (χ2n) is 4.86. The minimum absolute atomic E-state index is 0.192. The van der Waals surface area contributed by atoms with Crippen LogP contribution in [0.1, 0.15) is 6.92 Å². The highest BCUT2D eigenvalue weighted by Crippen LogP contribution is 2.31. The maximum absolute atomic E-state index is 12.9. The van der Waals surface area contributed by atoms with E-state index < -0.39 is 6.09 Å². The number of likely N-dealkylation sites (N-methyl/N-ethyl adjacent to an activating group) is 1. The quantitative estimate of drug-likeness (QED) is 0.787. The monoisotopic (exact) mass is 353 g/mol. The van der Waals surface area contributed by atoms with Crippen LogP contribution in [0.4, 0.5) is 9.18 Å². The van der Waals surface area contributed by atoms with E-state index in [1.54, 1.807) is 25.1 Å². The van der Waals surface area contributed by atoms with Gasteiger partial charge in [0, 0.05) is 12.6 Å². The maximum atomic E-state index is 12.9. The van der Waals surface area contributed by atoms with E-state index in [1.807, 2.05) is 0 Å². The van der Waals surface area contributed by atoms with E-state index in [0.717, 1.165) is 0 Å². The first-order chi connectivity index (χ1) is 11.5. The maximum Gasteiger partial charge on any atom is 0.407 e. The number of ether oxygens (including phenoxy) is 2. The van der Waals surface area contributed by atoms with E-state index in [-0.39, 0.29) is 19.0 Å². The average molecular weight is 354 g/mol. The van der Waals surface area contributed by atoms with Crippen molar-refractivity contribution in [1.29, 1.82) is 0 Å². The molecule has 0 aliphatic rings. The third-order valence-corrected chi connectivity index (χ3v) is 3.52. The van der Waals surface area contributed by atoms with Gasteiger partial charge in [0.2, 0.25) is 0 Å². The van der Waals surface area contributed by atoms with E-state index in [0.29, 0.717) is 28.8 Å². The highest BCUT2D eigenvalue weighted by molar-refractivity contribution is 6.32. The van der Waals surface area contributed by atoms with Crippen LogP contribution >= 0.6 is 11.6 Å². The number of carbonyl (C=O) groups is 1. The van der Waals surface area contributed by atoms with Gasteiger partial charge >= 0.3 is 6.09 Å². The smallest absolute Gasteiger partial charge is 0.407 e. The van der Waals surface area contributed by atoms with Crippen LogP contribution in [-0.2, 0) is 0 Å². The minimum atomic E-state index is -0.991. The summed E-state index contributed by atoms with van der Waals surface area (Å²) in [4.78, 5) is 12.1. The fourth-order valence-corrected chi connectivity index (χ4v) is 2.18. The van der Waals surface area contributed by atoms with Gasteiger partial charge in [0.15, 0.2) is 0 Å². The first-order valence-corrected chi connectivity index (χ1v) is 7.71. The summed E-state index contributed by atoms with van der Waals surface area (Å²) < 4.78 is 23.9. The van der Waals surface area contributed by atoms with E-state index in [9.17, 15) is 9.18 Å². The van der Waals surface area contributed by atoms with Gasteiger partial charge in [0.05, 0.1) is 11.6 Å². The number of hydrogen-bond acceptors (Lipinski definition) is 3.